The molecule has 0 saturated carbocycles. The van der Waals surface area contributed by atoms with Crippen LogP contribution in [0.25, 0.3) is 0 Å². The van der Waals surface area contributed by atoms with Crippen LogP contribution >= 0.6 is 0 Å². The summed E-state index contributed by atoms with van der Waals surface area (Å²) in [6.07, 6.45) is -0.641. The Morgan fingerprint density at radius 3 is 2.00 bits per heavy atom. The number of nitrogens with one attached hydrogen (secondary N) is 3. The Kier molecular flexibility index (Phi) is 12.1. The highest BCUT2D eigenvalue weighted by molar-refractivity contribution is 5.89. The lowest BCUT2D eigenvalue weighted by molar-refractivity contribution is -0.145. The van der Waals surface area contributed by atoms with Crippen LogP contribution in [0, 0.1) is 0 Å². The highest BCUT2D eigenvalue weighted by Gasteiger charge is 2.28. The van der Waals surface area contributed by atoms with Gasteiger partial charge in [-0.2, -0.15) is 0 Å². The maximum atomic E-state index is 13.2. The van der Waals surface area contributed by atoms with Crippen molar-refractivity contribution in [3.05, 3.63) is 71.8 Å². The van der Waals surface area contributed by atoms with Gasteiger partial charge in [0.2, 0.25) is 5.91 Å². The molecule has 3 amide bonds. The van der Waals surface area contributed by atoms with Crippen molar-refractivity contribution in [3.8, 4) is 0 Å². The van der Waals surface area contributed by atoms with Gasteiger partial charge in [-0.15, -0.1) is 0 Å². The first-order valence-corrected chi connectivity index (χ1v) is 12.4. The molecule has 0 fully saturated rings. The van der Waals surface area contributed by atoms with Gasteiger partial charge in [0.25, 0.3) is 0 Å². The first-order valence-electron chi connectivity index (χ1n) is 12.4. The smallest absolute Gasteiger partial charge is 0.408 e. The Balaban J connectivity index is 2.03. The van der Waals surface area contributed by atoms with E-state index in [9.17, 15) is 19.2 Å². The summed E-state index contributed by atoms with van der Waals surface area (Å²) in [4.78, 5) is 50.0. The zero-order valence-corrected chi connectivity index (χ0v) is 22.3. The zero-order valence-electron chi connectivity index (χ0n) is 22.3. The highest BCUT2D eigenvalue weighted by Crippen LogP contribution is 2.09. The van der Waals surface area contributed by atoms with Gasteiger partial charge in [-0.3, -0.25) is 4.79 Å². The van der Waals surface area contributed by atoms with Gasteiger partial charge in [0, 0.05) is 13.0 Å². The number of carbonyl (C=O) groups excluding carboxylic acids is 4. The Bertz CT molecular complexity index is 1040. The molecule has 206 valence electrons. The van der Waals surface area contributed by atoms with Crippen molar-refractivity contribution in [1.29, 1.82) is 0 Å². The Hall–Kier alpha value is -4.08. The Labute approximate surface area is 223 Å². The summed E-state index contributed by atoms with van der Waals surface area (Å²) in [5, 5.41) is 7.87. The minimum absolute atomic E-state index is 0.0278. The van der Waals surface area contributed by atoms with Crippen LogP contribution in [0.5, 0.6) is 0 Å². The van der Waals surface area contributed by atoms with E-state index in [4.69, 9.17) is 14.2 Å². The van der Waals surface area contributed by atoms with E-state index in [2.05, 4.69) is 16.0 Å². The summed E-state index contributed by atoms with van der Waals surface area (Å²) in [6, 6.07) is 16.3. The van der Waals surface area contributed by atoms with Gasteiger partial charge in [-0.1, -0.05) is 60.7 Å². The van der Waals surface area contributed by atoms with E-state index in [0.717, 1.165) is 11.1 Å². The van der Waals surface area contributed by atoms with Crippen LogP contribution in [0.4, 0.5) is 9.59 Å². The lowest BCUT2D eigenvalue weighted by Gasteiger charge is -2.23. The number of hydrogen-bond donors (Lipinski definition) is 3. The second kappa shape index (κ2) is 15.2. The third-order valence-corrected chi connectivity index (χ3v) is 5.24. The van der Waals surface area contributed by atoms with Gasteiger partial charge in [0.15, 0.2) is 0 Å². The van der Waals surface area contributed by atoms with Crippen molar-refractivity contribution in [2.45, 2.75) is 64.3 Å². The standard InChI is InChI=1S/C28H37N3O7/c1-28(2,3)38-26(34)29-17-11-16-22(31-27(35)37-19-21-14-9-6-10-15-21)24(32)30-23(25(33)36-4)18-20-12-7-5-8-13-20/h5-10,12-15,22-23H,11,16-19H2,1-4H3,(H,29,34)(H,30,32)(H,31,35)/t22-,23+/m1/s1. The molecule has 10 nitrogen and oxygen atoms in total. The SMILES string of the molecule is COC(=O)[C@H](Cc1ccccc1)NC(=O)[C@@H](CCCNC(=O)OC(C)(C)C)NC(=O)OCc1ccccc1. The molecule has 0 spiro atoms. The molecule has 0 aromatic heterocycles. The minimum Gasteiger partial charge on any atom is -0.467 e. The number of alkyl carbamates (subject to hydrolysis) is 2. The quantitative estimate of drug-likeness (QED) is 0.219. The molecule has 0 saturated heterocycles. The molecule has 2 aromatic carbocycles. The van der Waals surface area contributed by atoms with Gasteiger partial charge >= 0.3 is 18.2 Å². The second-order valence-corrected chi connectivity index (χ2v) is 9.60. The third-order valence-electron chi connectivity index (χ3n) is 5.24. The summed E-state index contributed by atoms with van der Waals surface area (Å²) < 4.78 is 15.3. The van der Waals surface area contributed by atoms with Crippen LogP contribution in [0.2, 0.25) is 0 Å². The van der Waals surface area contributed by atoms with Crippen molar-refractivity contribution in [2.24, 2.45) is 0 Å². The van der Waals surface area contributed by atoms with Gasteiger partial charge in [-0.25, -0.2) is 14.4 Å². The molecule has 2 rings (SSSR count). The number of methoxy groups -OCH3 is 1. The fraction of sp³-hybridized carbons (Fsp3) is 0.429. The van der Waals surface area contributed by atoms with Gasteiger partial charge in [0.1, 0.15) is 24.3 Å². The molecule has 3 N–H and O–H groups in total. The number of esters is 1. The summed E-state index contributed by atoms with van der Waals surface area (Å²) in [5.41, 5.74) is 0.980. The molecule has 0 aliphatic heterocycles. The van der Waals surface area contributed by atoms with E-state index in [-0.39, 0.29) is 26.0 Å². The summed E-state index contributed by atoms with van der Waals surface area (Å²) in [6.45, 7) is 5.51. The number of benzene rings is 2. The van der Waals surface area contributed by atoms with Crippen LogP contribution in [-0.4, -0.2) is 55.4 Å². The molecule has 0 aliphatic rings. The number of ether oxygens (including phenoxy) is 3. The van der Waals surface area contributed by atoms with Crippen molar-refractivity contribution in [1.82, 2.24) is 16.0 Å². The maximum Gasteiger partial charge on any atom is 0.408 e. The third kappa shape index (κ3) is 11.8. The van der Waals surface area contributed by atoms with Crippen LogP contribution in [0.1, 0.15) is 44.7 Å². The molecule has 0 bridgehead atoms. The number of carbonyl (C=O) groups is 4. The lowest BCUT2D eigenvalue weighted by Crippen LogP contribution is -2.52. The number of rotatable bonds is 12. The topological polar surface area (TPSA) is 132 Å². The lowest BCUT2D eigenvalue weighted by atomic mass is 10.0. The predicted molar refractivity (Wildman–Crippen MR) is 141 cm³/mol. The van der Waals surface area contributed by atoms with E-state index in [1.807, 2.05) is 60.7 Å². The van der Waals surface area contributed by atoms with Crippen LogP contribution in [0.15, 0.2) is 60.7 Å². The fourth-order valence-corrected chi connectivity index (χ4v) is 3.44. The van der Waals surface area contributed by atoms with Crippen LogP contribution in [0.3, 0.4) is 0 Å². The van der Waals surface area contributed by atoms with E-state index < -0.39 is 41.7 Å². The predicted octanol–water partition coefficient (Wildman–Crippen LogP) is 3.49. The molecule has 0 radical (unpaired) electrons. The minimum atomic E-state index is -1.03. The van der Waals surface area contributed by atoms with E-state index in [1.165, 1.54) is 7.11 Å². The average Bonchev–Trinajstić information content (AvgIpc) is 2.88. The molecule has 0 heterocycles. The maximum absolute atomic E-state index is 13.2. The first kappa shape index (κ1) is 30.1. The van der Waals surface area contributed by atoms with E-state index in [0.29, 0.717) is 6.42 Å². The average molecular weight is 528 g/mol. The van der Waals surface area contributed by atoms with Gasteiger partial charge in [-0.05, 0) is 44.7 Å². The molecular weight excluding hydrogens is 490 g/mol. The molecule has 10 heteroatoms. The summed E-state index contributed by atoms with van der Waals surface area (Å²) in [5.74, 6) is -1.19. The first-order chi connectivity index (χ1) is 18.1. The number of amides is 3. The normalized spacial score (nSPS) is 12.4. The van der Waals surface area contributed by atoms with Crippen LogP contribution < -0.4 is 16.0 Å². The Morgan fingerprint density at radius 2 is 1.42 bits per heavy atom. The summed E-state index contributed by atoms with van der Waals surface area (Å²) in [7, 11) is 1.24. The number of hydrogen-bond acceptors (Lipinski definition) is 7. The molecular formula is C28H37N3O7. The van der Waals surface area contributed by atoms with E-state index in [1.54, 1.807) is 20.8 Å². The van der Waals surface area contributed by atoms with Gasteiger partial charge < -0.3 is 30.2 Å². The zero-order chi connectivity index (χ0) is 28.0. The molecule has 0 unspecified atom stereocenters. The van der Waals surface area contributed by atoms with Gasteiger partial charge in [0.05, 0.1) is 7.11 Å². The molecule has 38 heavy (non-hydrogen) atoms. The van der Waals surface area contributed by atoms with E-state index >= 15 is 0 Å². The second-order valence-electron chi connectivity index (χ2n) is 9.60. The van der Waals surface area contributed by atoms with Crippen molar-refractivity contribution >= 4 is 24.1 Å². The van der Waals surface area contributed by atoms with Crippen molar-refractivity contribution < 1.29 is 33.4 Å². The molecule has 2 atom stereocenters. The van der Waals surface area contributed by atoms with Crippen molar-refractivity contribution in [3.63, 3.8) is 0 Å². The monoisotopic (exact) mass is 527 g/mol. The largest absolute Gasteiger partial charge is 0.467 e. The van der Waals surface area contributed by atoms with Crippen molar-refractivity contribution in [2.75, 3.05) is 13.7 Å². The Morgan fingerprint density at radius 1 is 0.816 bits per heavy atom. The molecule has 0 aliphatic carbocycles. The molecule has 2 aromatic rings. The van der Waals surface area contributed by atoms with Crippen LogP contribution in [-0.2, 0) is 36.8 Å². The fourth-order valence-electron chi connectivity index (χ4n) is 3.44. The highest BCUT2D eigenvalue weighted by atomic mass is 16.6. The summed E-state index contributed by atoms with van der Waals surface area (Å²) >= 11 is 0.